The van der Waals surface area contributed by atoms with E-state index in [-0.39, 0.29) is 0 Å². The molecule has 1 aliphatic rings. The van der Waals surface area contributed by atoms with Crippen LogP contribution in [0.1, 0.15) is 71.6 Å². The predicted molar refractivity (Wildman–Crippen MR) is 67.9 cm³/mol. The second kappa shape index (κ2) is 7.27. The molecule has 3 atom stereocenters. The maximum Gasteiger partial charge on any atom is 0.00698 e. The first-order chi connectivity index (χ1) is 7.25. The lowest BCUT2D eigenvalue weighted by Crippen LogP contribution is -2.22. The molecule has 0 aliphatic heterocycles. The van der Waals surface area contributed by atoms with E-state index >= 15 is 0 Å². The zero-order chi connectivity index (χ0) is 11.1. The van der Waals surface area contributed by atoms with Crippen molar-refractivity contribution >= 4 is 0 Å². The SMILES string of the molecule is CCCCCCCCCC(N)C1CC1C. The van der Waals surface area contributed by atoms with Gasteiger partial charge < -0.3 is 5.73 Å². The van der Waals surface area contributed by atoms with Gasteiger partial charge >= 0.3 is 0 Å². The number of hydrogen-bond acceptors (Lipinski definition) is 1. The van der Waals surface area contributed by atoms with Gasteiger partial charge in [-0.2, -0.15) is 0 Å². The monoisotopic (exact) mass is 211 g/mol. The first kappa shape index (κ1) is 13.0. The van der Waals surface area contributed by atoms with E-state index in [1.54, 1.807) is 0 Å². The molecule has 1 nitrogen and oxygen atoms in total. The summed E-state index contributed by atoms with van der Waals surface area (Å²) >= 11 is 0. The highest BCUT2D eigenvalue weighted by atomic mass is 14.7. The maximum atomic E-state index is 6.13. The summed E-state index contributed by atoms with van der Waals surface area (Å²) in [4.78, 5) is 0. The number of unbranched alkanes of at least 4 members (excludes halogenated alkanes) is 6. The number of hydrogen-bond donors (Lipinski definition) is 1. The van der Waals surface area contributed by atoms with Crippen LogP contribution in [0.25, 0.3) is 0 Å². The fourth-order valence-electron chi connectivity index (χ4n) is 2.50. The van der Waals surface area contributed by atoms with Crippen LogP contribution in [-0.4, -0.2) is 6.04 Å². The minimum absolute atomic E-state index is 0.510. The van der Waals surface area contributed by atoms with Gasteiger partial charge in [-0.1, -0.05) is 58.8 Å². The van der Waals surface area contributed by atoms with Crippen molar-refractivity contribution in [2.24, 2.45) is 17.6 Å². The third kappa shape index (κ3) is 5.55. The van der Waals surface area contributed by atoms with Gasteiger partial charge in [-0.25, -0.2) is 0 Å². The van der Waals surface area contributed by atoms with E-state index in [0.717, 1.165) is 11.8 Å². The molecule has 0 heterocycles. The Hall–Kier alpha value is -0.0400. The Balaban J connectivity index is 1.80. The molecule has 0 spiro atoms. The van der Waals surface area contributed by atoms with Gasteiger partial charge in [0.25, 0.3) is 0 Å². The Morgan fingerprint density at radius 2 is 1.60 bits per heavy atom. The topological polar surface area (TPSA) is 26.0 Å². The lowest BCUT2D eigenvalue weighted by Gasteiger charge is -2.10. The molecule has 3 unspecified atom stereocenters. The summed E-state index contributed by atoms with van der Waals surface area (Å²) in [6.07, 6.45) is 12.5. The van der Waals surface area contributed by atoms with Crippen molar-refractivity contribution in [3.8, 4) is 0 Å². The Labute approximate surface area is 95.8 Å². The molecule has 0 amide bonds. The second-order valence-electron chi connectivity index (χ2n) is 5.45. The molecular formula is C14H29N. The van der Waals surface area contributed by atoms with Crippen LogP contribution in [0, 0.1) is 11.8 Å². The highest BCUT2D eigenvalue weighted by Gasteiger charge is 2.36. The molecule has 1 rings (SSSR count). The van der Waals surface area contributed by atoms with Crippen molar-refractivity contribution in [2.75, 3.05) is 0 Å². The lowest BCUT2D eigenvalue weighted by atomic mass is 10.0. The van der Waals surface area contributed by atoms with Gasteiger partial charge in [-0.15, -0.1) is 0 Å². The van der Waals surface area contributed by atoms with Crippen LogP contribution in [0.5, 0.6) is 0 Å². The molecule has 0 aromatic heterocycles. The van der Waals surface area contributed by atoms with Crippen molar-refractivity contribution in [2.45, 2.75) is 77.7 Å². The normalized spacial score (nSPS) is 26.6. The minimum atomic E-state index is 0.510. The molecule has 0 saturated heterocycles. The summed E-state index contributed by atoms with van der Waals surface area (Å²) in [5.74, 6) is 1.79. The van der Waals surface area contributed by atoms with Crippen LogP contribution < -0.4 is 5.73 Å². The van der Waals surface area contributed by atoms with E-state index in [4.69, 9.17) is 5.73 Å². The van der Waals surface area contributed by atoms with E-state index in [0.29, 0.717) is 6.04 Å². The molecule has 2 N–H and O–H groups in total. The fraction of sp³-hybridized carbons (Fsp3) is 1.00. The summed E-state index contributed by atoms with van der Waals surface area (Å²) in [5.41, 5.74) is 6.13. The van der Waals surface area contributed by atoms with Crippen LogP contribution in [-0.2, 0) is 0 Å². The molecule has 90 valence electrons. The van der Waals surface area contributed by atoms with Gasteiger partial charge in [0.1, 0.15) is 0 Å². The Morgan fingerprint density at radius 1 is 1.07 bits per heavy atom. The zero-order valence-electron chi connectivity index (χ0n) is 10.7. The quantitative estimate of drug-likeness (QED) is 0.571. The van der Waals surface area contributed by atoms with Gasteiger partial charge in [0.05, 0.1) is 0 Å². The average Bonchev–Trinajstić information content (AvgIpc) is 2.94. The average molecular weight is 211 g/mol. The molecule has 0 aromatic carbocycles. The van der Waals surface area contributed by atoms with E-state index in [1.807, 2.05) is 0 Å². The molecule has 15 heavy (non-hydrogen) atoms. The third-order valence-corrected chi connectivity index (χ3v) is 3.86. The summed E-state index contributed by atoms with van der Waals surface area (Å²) in [6, 6.07) is 0.510. The Morgan fingerprint density at radius 3 is 2.13 bits per heavy atom. The van der Waals surface area contributed by atoms with Gasteiger partial charge in [0.2, 0.25) is 0 Å². The molecule has 1 saturated carbocycles. The van der Waals surface area contributed by atoms with Crippen LogP contribution in [0.4, 0.5) is 0 Å². The summed E-state index contributed by atoms with van der Waals surface area (Å²) in [6.45, 7) is 4.60. The molecule has 0 radical (unpaired) electrons. The van der Waals surface area contributed by atoms with Gasteiger partial charge in [0, 0.05) is 6.04 Å². The molecule has 1 heteroatoms. The standard InChI is InChI=1S/C14H29N/c1-3-4-5-6-7-8-9-10-14(15)13-11-12(13)2/h12-14H,3-11,15H2,1-2H3. The minimum Gasteiger partial charge on any atom is -0.327 e. The Kier molecular flexibility index (Phi) is 6.31. The molecule has 1 aliphatic carbocycles. The maximum absolute atomic E-state index is 6.13. The van der Waals surface area contributed by atoms with Gasteiger partial charge in [-0.3, -0.25) is 0 Å². The number of rotatable bonds is 9. The van der Waals surface area contributed by atoms with Crippen molar-refractivity contribution in [1.82, 2.24) is 0 Å². The lowest BCUT2D eigenvalue weighted by molar-refractivity contribution is 0.483. The van der Waals surface area contributed by atoms with E-state index in [1.165, 1.54) is 57.8 Å². The first-order valence-electron chi connectivity index (χ1n) is 7.01. The van der Waals surface area contributed by atoms with Crippen molar-refractivity contribution in [3.63, 3.8) is 0 Å². The summed E-state index contributed by atoms with van der Waals surface area (Å²) in [5, 5.41) is 0. The van der Waals surface area contributed by atoms with Crippen LogP contribution in [0.3, 0.4) is 0 Å². The van der Waals surface area contributed by atoms with Gasteiger partial charge in [0.15, 0.2) is 0 Å². The number of nitrogens with two attached hydrogens (primary N) is 1. The van der Waals surface area contributed by atoms with Crippen molar-refractivity contribution in [3.05, 3.63) is 0 Å². The predicted octanol–water partition coefficient (Wildman–Crippen LogP) is 4.11. The van der Waals surface area contributed by atoms with Crippen molar-refractivity contribution in [1.29, 1.82) is 0 Å². The molecule has 0 aromatic rings. The van der Waals surface area contributed by atoms with E-state index in [9.17, 15) is 0 Å². The third-order valence-electron chi connectivity index (χ3n) is 3.86. The highest BCUT2D eigenvalue weighted by molar-refractivity contribution is 4.90. The highest BCUT2D eigenvalue weighted by Crippen LogP contribution is 2.41. The molecular weight excluding hydrogens is 182 g/mol. The Bertz CT molecular complexity index is 155. The van der Waals surface area contributed by atoms with Gasteiger partial charge in [-0.05, 0) is 24.7 Å². The van der Waals surface area contributed by atoms with E-state index < -0.39 is 0 Å². The van der Waals surface area contributed by atoms with E-state index in [2.05, 4.69) is 13.8 Å². The van der Waals surface area contributed by atoms with Crippen LogP contribution in [0.2, 0.25) is 0 Å². The van der Waals surface area contributed by atoms with Crippen LogP contribution in [0.15, 0.2) is 0 Å². The second-order valence-corrected chi connectivity index (χ2v) is 5.45. The zero-order valence-corrected chi connectivity index (χ0v) is 10.7. The molecule has 1 fully saturated rings. The van der Waals surface area contributed by atoms with Crippen LogP contribution >= 0.6 is 0 Å². The summed E-state index contributed by atoms with van der Waals surface area (Å²) in [7, 11) is 0. The fourth-order valence-corrected chi connectivity index (χ4v) is 2.50. The molecule has 0 bridgehead atoms. The van der Waals surface area contributed by atoms with Crippen molar-refractivity contribution < 1.29 is 0 Å². The summed E-state index contributed by atoms with van der Waals surface area (Å²) < 4.78 is 0. The largest absolute Gasteiger partial charge is 0.327 e. The first-order valence-corrected chi connectivity index (χ1v) is 7.01. The smallest absolute Gasteiger partial charge is 0.00698 e.